The molecule has 140 valence electrons. The number of hydrogen-bond donors (Lipinski definition) is 1. The fourth-order valence-corrected chi connectivity index (χ4v) is 7.09. The number of sulfonamides is 1. The van der Waals surface area contributed by atoms with Gasteiger partial charge in [0.2, 0.25) is 5.91 Å². The van der Waals surface area contributed by atoms with Crippen LogP contribution in [-0.2, 0) is 14.8 Å². The summed E-state index contributed by atoms with van der Waals surface area (Å²) in [6, 6.07) is 3.32. The summed E-state index contributed by atoms with van der Waals surface area (Å²) < 4.78 is 27.6. The van der Waals surface area contributed by atoms with Crippen LogP contribution in [0.4, 0.5) is 0 Å². The third kappa shape index (κ3) is 3.35. The van der Waals surface area contributed by atoms with Crippen LogP contribution in [0.2, 0.25) is 0 Å². The Kier molecular flexibility index (Phi) is 5.75. The minimum Gasteiger partial charge on any atom is -0.334 e. The molecule has 3 aliphatic rings. The monoisotopic (exact) mass is 405 g/mol. The summed E-state index contributed by atoms with van der Waals surface area (Å²) in [5, 5.41) is 5.16. The second kappa shape index (κ2) is 7.52. The van der Waals surface area contributed by atoms with Gasteiger partial charge >= 0.3 is 0 Å². The Morgan fingerprint density at radius 2 is 2.00 bits per heavy atom. The second-order valence-electron chi connectivity index (χ2n) is 6.83. The number of thiophene rings is 1. The van der Waals surface area contributed by atoms with E-state index in [1.165, 1.54) is 15.6 Å². The number of fused-ring (bicyclic) bond motifs is 2. The highest BCUT2D eigenvalue weighted by molar-refractivity contribution is 7.91. The standard InChI is InChI=1S/C16H23N3O3S2.ClH/c20-16(19-12-5-6-13(19)11-17-8-7-12)14-3-1-9-18(14)24(21,22)15-4-2-10-23-15;/h2,4,10,12-14,17H,1,3,5-9,11H2;1H. The van der Waals surface area contributed by atoms with Crippen molar-refractivity contribution in [2.45, 2.75) is 54.4 Å². The zero-order valence-electron chi connectivity index (χ0n) is 14.0. The Hall–Kier alpha value is -0.670. The summed E-state index contributed by atoms with van der Waals surface area (Å²) in [6.45, 7) is 2.21. The predicted molar refractivity (Wildman–Crippen MR) is 99.6 cm³/mol. The number of nitrogens with zero attached hydrogens (tertiary/aromatic N) is 2. The van der Waals surface area contributed by atoms with E-state index in [4.69, 9.17) is 0 Å². The quantitative estimate of drug-likeness (QED) is 0.830. The van der Waals surface area contributed by atoms with E-state index < -0.39 is 16.1 Å². The predicted octanol–water partition coefficient (Wildman–Crippen LogP) is 1.68. The van der Waals surface area contributed by atoms with E-state index in [1.807, 2.05) is 4.90 Å². The first-order valence-electron chi connectivity index (χ1n) is 8.67. The molecule has 9 heteroatoms. The van der Waals surface area contributed by atoms with Gasteiger partial charge in [0.05, 0.1) is 0 Å². The van der Waals surface area contributed by atoms with Crippen molar-refractivity contribution < 1.29 is 13.2 Å². The molecule has 1 N–H and O–H groups in total. The molecule has 1 amide bonds. The molecule has 0 spiro atoms. The van der Waals surface area contributed by atoms with Crippen molar-refractivity contribution >= 4 is 39.7 Å². The fourth-order valence-electron chi connectivity index (χ4n) is 4.31. The Bertz CT molecular complexity index is 696. The van der Waals surface area contributed by atoms with Gasteiger partial charge < -0.3 is 10.2 Å². The summed E-state index contributed by atoms with van der Waals surface area (Å²) in [5.74, 6) is 0.0174. The van der Waals surface area contributed by atoms with Crippen LogP contribution in [0.3, 0.4) is 0 Å². The van der Waals surface area contributed by atoms with E-state index >= 15 is 0 Å². The largest absolute Gasteiger partial charge is 0.334 e. The lowest BCUT2D eigenvalue weighted by molar-refractivity contribution is -0.137. The first-order valence-corrected chi connectivity index (χ1v) is 11.0. The molecule has 3 saturated heterocycles. The van der Waals surface area contributed by atoms with Gasteiger partial charge in [-0.2, -0.15) is 4.31 Å². The van der Waals surface area contributed by atoms with Gasteiger partial charge in [-0.1, -0.05) is 6.07 Å². The van der Waals surface area contributed by atoms with Crippen molar-refractivity contribution in [1.29, 1.82) is 0 Å². The Morgan fingerprint density at radius 3 is 2.76 bits per heavy atom. The van der Waals surface area contributed by atoms with Gasteiger partial charge in [-0.05, 0) is 50.1 Å². The third-order valence-electron chi connectivity index (χ3n) is 5.46. The van der Waals surface area contributed by atoms with E-state index in [0.717, 1.165) is 38.8 Å². The maximum atomic E-state index is 13.2. The molecule has 25 heavy (non-hydrogen) atoms. The van der Waals surface area contributed by atoms with Crippen molar-refractivity contribution in [1.82, 2.24) is 14.5 Å². The molecule has 0 radical (unpaired) electrons. The number of carbonyl (C=O) groups excluding carboxylic acids is 1. The lowest BCUT2D eigenvalue weighted by Gasteiger charge is -2.33. The lowest BCUT2D eigenvalue weighted by atomic mass is 10.1. The van der Waals surface area contributed by atoms with Gasteiger partial charge in [0.25, 0.3) is 10.0 Å². The van der Waals surface area contributed by atoms with Gasteiger partial charge in [-0.25, -0.2) is 8.42 Å². The highest BCUT2D eigenvalue weighted by atomic mass is 35.5. The van der Waals surface area contributed by atoms with E-state index in [0.29, 0.717) is 17.2 Å². The molecule has 0 aromatic carbocycles. The zero-order chi connectivity index (χ0) is 16.7. The molecule has 0 aliphatic carbocycles. The van der Waals surface area contributed by atoms with E-state index in [-0.39, 0.29) is 30.4 Å². The summed E-state index contributed by atoms with van der Waals surface area (Å²) in [4.78, 5) is 15.2. The normalized spacial score (nSPS) is 30.1. The van der Waals surface area contributed by atoms with E-state index in [2.05, 4.69) is 5.32 Å². The lowest BCUT2D eigenvalue weighted by Crippen LogP contribution is -2.52. The third-order valence-corrected chi connectivity index (χ3v) is 8.74. The van der Waals surface area contributed by atoms with Gasteiger partial charge in [-0.15, -0.1) is 23.7 Å². The van der Waals surface area contributed by atoms with Crippen LogP contribution in [0, 0.1) is 0 Å². The minimum atomic E-state index is -3.56. The number of nitrogens with one attached hydrogen (secondary N) is 1. The number of rotatable bonds is 3. The van der Waals surface area contributed by atoms with Crippen molar-refractivity contribution in [2.24, 2.45) is 0 Å². The van der Waals surface area contributed by atoms with Crippen LogP contribution < -0.4 is 5.32 Å². The van der Waals surface area contributed by atoms with Gasteiger partial charge in [0, 0.05) is 25.2 Å². The Balaban J connectivity index is 0.00000182. The van der Waals surface area contributed by atoms with Crippen LogP contribution in [0.15, 0.2) is 21.7 Å². The molecule has 3 fully saturated rings. The minimum absolute atomic E-state index is 0. The van der Waals surface area contributed by atoms with Gasteiger partial charge in [0.15, 0.2) is 0 Å². The van der Waals surface area contributed by atoms with Crippen LogP contribution in [0.25, 0.3) is 0 Å². The molecular weight excluding hydrogens is 382 g/mol. The van der Waals surface area contributed by atoms with Crippen molar-refractivity contribution in [3.8, 4) is 0 Å². The van der Waals surface area contributed by atoms with Crippen LogP contribution in [0.1, 0.15) is 32.1 Å². The van der Waals surface area contributed by atoms with E-state index in [9.17, 15) is 13.2 Å². The summed E-state index contributed by atoms with van der Waals surface area (Å²) in [7, 11) is -3.56. The SMILES string of the molecule is Cl.O=C(C1CCCN1S(=O)(=O)c1cccs1)N1C2CCNCC1CC2. The molecule has 1 aromatic heterocycles. The first kappa shape index (κ1) is 19.1. The first-order chi connectivity index (χ1) is 11.6. The van der Waals surface area contributed by atoms with Crippen molar-refractivity contribution in [3.05, 3.63) is 17.5 Å². The smallest absolute Gasteiger partial charge is 0.253 e. The van der Waals surface area contributed by atoms with Gasteiger partial charge in [-0.3, -0.25) is 4.79 Å². The molecule has 3 aliphatic heterocycles. The van der Waals surface area contributed by atoms with Crippen LogP contribution >= 0.6 is 23.7 Å². The number of carbonyl (C=O) groups is 1. The molecule has 1 aromatic rings. The zero-order valence-corrected chi connectivity index (χ0v) is 16.4. The highest BCUT2D eigenvalue weighted by Crippen LogP contribution is 2.34. The number of halogens is 1. The molecule has 6 nitrogen and oxygen atoms in total. The molecule has 0 saturated carbocycles. The van der Waals surface area contributed by atoms with Gasteiger partial charge in [0.1, 0.15) is 10.3 Å². The molecule has 4 rings (SSSR count). The van der Waals surface area contributed by atoms with E-state index in [1.54, 1.807) is 17.5 Å². The molecule has 3 unspecified atom stereocenters. The Morgan fingerprint density at radius 1 is 1.20 bits per heavy atom. The topological polar surface area (TPSA) is 69.7 Å². The summed E-state index contributed by atoms with van der Waals surface area (Å²) in [5.41, 5.74) is 0. The molecule has 3 atom stereocenters. The number of hydrogen-bond acceptors (Lipinski definition) is 5. The molecule has 4 heterocycles. The molecule has 2 bridgehead atoms. The summed E-state index contributed by atoms with van der Waals surface area (Å²) in [6.07, 6.45) is 4.41. The van der Waals surface area contributed by atoms with Crippen LogP contribution in [0.5, 0.6) is 0 Å². The Labute approximate surface area is 159 Å². The van der Waals surface area contributed by atoms with Crippen molar-refractivity contribution in [3.63, 3.8) is 0 Å². The maximum Gasteiger partial charge on any atom is 0.253 e. The van der Waals surface area contributed by atoms with Crippen LogP contribution in [-0.4, -0.2) is 61.3 Å². The highest BCUT2D eigenvalue weighted by Gasteiger charge is 2.46. The summed E-state index contributed by atoms with van der Waals surface area (Å²) >= 11 is 1.22. The average molecular weight is 406 g/mol. The average Bonchev–Trinajstić information content (AvgIpc) is 3.26. The second-order valence-corrected chi connectivity index (χ2v) is 9.89. The van der Waals surface area contributed by atoms with Crippen molar-refractivity contribution in [2.75, 3.05) is 19.6 Å². The maximum absolute atomic E-state index is 13.2. The molecular formula is C16H24ClN3O3S2. The fraction of sp³-hybridized carbons (Fsp3) is 0.688. The number of amides is 1.